The summed E-state index contributed by atoms with van der Waals surface area (Å²) in [7, 11) is -3.51. The Morgan fingerprint density at radius 1 is 0.957 bits per heavy atom. The zero-order chi connectivity index (χ0) is 33.1. The van der Waals surface area contributed by atoms with Crippen LogP contribution in [-0.4, -0.2) is 60.4 Å². The predicted octanol–water partition coefficient (Wildman–Crippen LogP) is 4.05. The summed E-state index contributed by atoms with van der Waals surface area (Å²) in [5, 5.41) is 11.8. The Morgan fingerprint density at radius 2 is 1.68 bits per heavy atom. The Kier molecular flexibility index (Phi) is 9.62. The number of nitrogens with two attached hydrogens (primary N) is 1. The minimum Gasteiger partial charge on any atom is -0.344 e. The van der Waals surface area contributed by atoms with Crippen molar-refractivity contribution in [3.05, 3.63) is 82.1 Å². The summed E-state index contributed by atoms with van der Waals surface area (Å²) < 4.78 is 27.7. The molecule has 4 aromatic rings. The number of benzene rings is 3. The number of carbonyl (C=O) groups excluding carboxylic acids is 2. The summed E-state index contributed by atoms with van der Waals surface area (Å²) in [5.41, 5.74) is 10.2. The number of carbonyl (C=O) groups is 2. The van der Waals surface area contributed by atoms with Crippen LogP contribution in [0.2, 0.25) is 0 Å². The lowest BCUT2D eigenvalue weighted by Gasteiger charge is -2.28. The zero-order valence-corrected chi connectivity index (χ0v) is 27.4. The van der Waals surface area contributed by atoms with E-state index in [9.17, 15) is 22.8 Å². The molecule has 1 aliphatic carbocycles. The van der Waals surface area contributed by atoms with Crippen LogP contribution in [0.15, 0.2) is 70.4 Å². The van der Waals surface area contributed by atoms with E-state index < -0.39 is 16.1 Å². The number of hydrogen-bond donors (Lipinski definition) is 5. The average molecular weight is 659 g/mol. The first-order chi connectivity index (χ1) is 22.6. The molecule has 2 fully saturated rings. The lowest BCUT2D eigenvalue weighted by Crippen LogP contribution is -2.48. The van der Waals surface area contributed by atoms with Gasteiger partial charge in [0, 0.05) is 31.1 Å². The molecule has 12 heteroatoms. The topological polar surface area (TPSA) is 170 Å². The molecule has 0 bridgehead atoms. The molecule has 6 rings (SSSR count). The fourth-order valence-electron chi connectivity index (χ4n) is 6.76. The van der Waals surface area contributed by atoms with Crippen LogP contribution in [-0.2, 0) is 26.0 Å². The van der Waals surface area contributed by atoms with Crippen molar-refractivity contribution in [3.8, 4) is 11.1 Å². The number of anilines is 1. The van der Waals surface area contributed by atoms with Gasteiger partial charge in [0.2, 0.25) is 21.8 Å². The van der Waals surface area contributed by atoms with E-state index in [1.807, 2.05) is 37.3 Å². The molecule has 2 amide bonds. The fourth-order valence-corrected chi connectivity index (χ4v) is 8.36. The number of nitrogens with one attached hydrogen (secondary N) is 4. The molecular formula is C35H42N6O5S. The Morgan fingerprint density at radius 3 is 2.36 bits per heavy atom. The van der Waals surface area contributed by atoms with Crippen LogP contribution in [0, 0.1) is 18.8 Å². The minimum atomic E-state index is -3.51. The predicted molar refractivity (Wildman–Crippen MR) is 182 cm³/mol. The average Bonchev–Trinajstić information content (AvgIpc) is 3.76. The van der Waals surface area contributed by atoms with Gasteiger partial charge in [-0.05, 0) is 110 Å². The Labute approximate surface area is 274 Å². The van der Waals surface area contributed by atoms with Gasteiger partial charge in [0.1, 0.15) is 6.04 Å². The van der Waals surface area contributed by atoms with Crippen LogP contribution < -0.4 is 21.9 Å². The van der Waals surface area contributed by atoms with Crippen LogP contribution in [0.25, 0.3) is 22.0 Å². The number of rotatable bonds is 10. The van der Waals surface area contributed by atoms with E-state index in [-0.39, 0.29) is 29.7 Å². The van der Waals surface area contributed by atoms with Gasteiger partial charge >= 0.3 is 0 Å². The SMILES string of the molecule is Cc1cc(S(=O)(=O)N2CCCC2)ccc1-c1ccc(CC(NC(=O)C2CCC(CN)CC2)C(=O)Nc2ccc3c(=O)[nH][nH]c3c2)cc1. The van der Waals surface area contributed by atoms with Crippen molar-refractivity contribution in [3.63, 3.8) is 0 Å². The van der Waals surface area contributed by atoms with Crippen molar-refractivity contribution in [1.82, 2.24) is 19.8 Å². The van der Waals surface area contributed by atoms with E-state index in [0.29, 0.717) is 47.0 Å². The largest absolute Gasteiger partial charge is 0.344 e. The molecule has 2 heterocycles. The van der Waals surface area contributed by atoms with Crippen molar-refractivity contribution in [2.45, 2.75) is 62.8 Å². The highest BCUT2D eigenvalue weighted by atomic mass is 32.2. The summed E-state index contributed by atoms with van der Waals surface area (Å²) in [5.74, 6) is -0.235. The van der Waals surface area contributed by atoms with Gasteiger partial charge in [-0.15, -0.1) is 0 Å². The molecule has 248 valence electrons. The van der Waals surface area contributed by atoms with Gasteiger partial charge in [-0.3, -0.25) is 24.6 Å². The molecule has 6 N–H and O–H groups in total. The third kappa shape index (κ3) is 7.19. The van der Waals surface area contributed by atoms with Gasteiger partial charge in [0.05, 0.1) is 15.8 Å². The Bertz CT molecular complexity index is 1920. The Hall–Kier alpha value is -4.26. The summed E-state index contributed by atoms with van der Waals surface area (Å²) in [6, 6.07) is 17.1. The number of fused-ring (bicyclic) bond motifs is 1. The summed E-state index contributed by atoms with van der Waals surface area (Å²) in [6.45, 7) is 3.64. The van der Waals surface area contributed by atoms with Gasteiger partial charge in [-0.25, -0.2) is 8.42 Å². The second-order valence-electron chi connectivity index (χ2n) is 12.8. The van der Waals surface area contributed by atoms with E-state index >= 15 is 0 Å². The second kappa shape index (κ2) is 13.8. The number of amides is 2. The molecule has 11 nitrogen and oxygen atoms in total. The van der Waals surface area contributed by atoms with Gasteiger partial charge < -0.3 is 16.4 Å². The maximum atomic E-state index is 13.6. The van der Waals surface area contributed by atoms with Crippen molar-refractivity contribution in [1.29, 1.82) is 0 Å². The quantitative estimate of drug-likeness (QED) is 0.172. The summed E-state index contributed by atoms with van der Waals surface area (Å²) >= 11 is 0. The number of aromatic amines is 2. The van der Waals surface area contributed by atoms with E-state index in [4.69, 9.17) is 5.73 Å². The third-order valence-corrected chi connectivity index (χ3v) is 11.5. The first-order valence-electron chi connectivity index (χ1n) is 16.3. The van der Waals surface area contributed by atoms with Crippen molar-refractivity contribution >= 4 is 38.4 Å². The maximum absolute atomic E-state index is 13.6. The van der Waals surface area contributed by atoms with E-state index in [1.54, 1.807) is 34.6 Å². The van der Waals surface area contributed by atoms with Crippen molar-refractivity contribution < 1.29 is 18.0 Å². The molecule has 0 spiro atoms. The summed E-state index contributed by atoms with van der Waals surface area (Å²) in [4.78, 5) is 39.2. The Balaban J connectivity index is 1.19. The highest BCUT2D eigenvalue weighted by Gasteiger charge is 2.30. The number of aromatic nitrogens is 2. The van der Waals surface area contributed by atoms with Crippen LogP contribution in [0.3, 0.4) is 0 Å². The lowest BCUT2D eigenvalue weighted by atomic mass is 9.81. The molecule has 47 heavy (non-hydrogen) atoms. The number of sulfonamides is 1. The molecule has 3 aromatic carbocycles. The van der Waals surface area contributed by atoms with Gasteiger partial charge in [0.15, 0.2) is 0 Å². The maximum Gasteiger partial charge on any atom is 0.271 e. The second-order valence-corrected chi connectivity index (χ2v) is 14.8. The first-order valence-corrected chi connectivity index (χ1v) is 17.8. The lowest BCUT2D eigenvalue weighted by molar-refractivity contribution is -0.130. The van der Waals surface area contributed by atoms with Crippen LogP contribution in [0.1, 0.15) is 49.7 Å². The molecule has 1 aromatic heterocycles. The fraction of sp³-hybridized carbons (Fsp3) is 0.400. The minimum absolute atomic E-state index is 0.137. The normalized spacial score (nSPS) is 19.4. The molecule has 1 saturated heterocycles. The van der Waals surface area contributed by atoms with Crippen LogP contribution in [0.5, 0.6) is 0 Å². The first kappa shape index (κ1) is 32.7. The zero-order valence-electron chi connectivity index (χ0n) is 26.6. The number of nitrogens with zero attached hydrogens (tertiary/aromatic N) is 1. The van der Waals surface area contributed by atoms with E-state index in [1.165, 1.54) is 0 Å². The molecule has 1 atom stereocenters. The molecule has 1 saturated carbocycles. The molecule has 1 aliphatic heterocycles. The molecular weight excluding hydrogens is 616 g/mol. The number of aryl methyl sites for hydroxylation is 1. The number of hydrogen-bond acceptors (Lipinski definition) is 6. The monoisotopic (exact) mass is 658 g/mol. The molecule has 1 unspecified atom stereocenters. The van der Waals surface area contributed by atoms with E-state index in [0.717, 1.165) is 60.8 Å². The van der Waals surface area contributed by atoms with Gasteiger partial charge in [-0.2, -0.15) is 4.31 Å². The van der Waals surface area contributed by atoms with E-state index in [2.05, 4.69) is 20.8 Å². The molecule has 0 radical (unpaired) electrons. The standard InChI is InChI=1S/C35H42N6O5S/c1-22-18-28(47(45,46)41-16-2-3-17-41)13-15-29(22)25-8-4-23(5-9-25)19-32(38-33(42)26-10-6-24(21-36)7-11-26)35(44)37-27-12-14-30-31(20-27)39-40-34(30)43/h4-5,8-9,12-15,18,20,24,26,32H,2-3,6-7,10-11,16-17,19,21,36H2,1H3,(H,37,44)(H,38,42)(H2,39,40,43). The van der Waals surface area contributed by atoms with Crippen molar-refractivity contribution in [2.75, 3.05) is 25.0 Å². The highest BCUT2D eigenvalue weighted by molar-refractivity contribution is 7.89. The highest BCUT2D eigenvalue weighted by Crippen LogP contribution is 2.30. The smallest absolute Gasteiger partial charge is 0.271 e. The third-order valence-electron chi connectivity index (χ3n) is 9.63. The van der Waals surface area contributed by atoms with Gasteiger partial charge in [-0.1, -0.05) is 30.3 Å². The van der Waals surface area contributed by atoms with Crippen LogP contribution in [0.4, 0.5) is 5.69 Å². The summed E-state index contributed by atoms with van der Waals surface area (Å²) in [6.07, 6.45) is 5.31. The van der Waals surface area contributed by atoms with Crippen molar-refractivity contribution in [2.24, 2.45) is 17.6 Å². The van der Waals surface area contributed by atoms with Gasteiger partial charge in [0.25, 0.3) is 5.56 Å². The van der Waals surface area contributed by atoms with Crippen LogP contribution >= 0.6 is 0 Å². The number of H-pyrrole nitrogens is 2. The molecule has 2 aliphatic rings.